The summed E-state index contributed by atoms with van der Waals surface area (Å²) in [5.41, 5.74) is 0.0740. The minimum Gasteiger partial charge on any atom is -0.493 e. The number of carbonyl (C=O) groups is 5. The van der Waals surface area contributed by atoms with Crippen molar-refractivity contribution in [3.63, 3.8) is 0 Å². The lowest BCUT2D eigenvalue weighted by atomic mass is 9.87. The van der Waals surface area contributed by atoms with Gasteiger partial charge >= 0.3 is 11.9 Å². The van der Waals surface area contributed by atoms with Gasteiger partial charge in [0.15, 0.2) is 18.1 Å². The summed E-state index contributed by atoms with van der Waals surface area (Å²) in [5, 5.41) is 2.79. The molecule has 3 rings (SSSR count). The zero-order valence-corrected chi connectivity index (χ0v) is 29.6. The van der Waals surface area contributed by atoms with Crippen molar-refractivity contribution >= 4 is 41.1 Å². The molecule has 2 amide bonds. The van der Waals surface area contributed by atoms with E-state index in [0.29, 0.717) is 59.9 Å². The fraction of sp³-hybridized carbons (Fsp3) is 0.472. The van der Waals surface area contributed by atoms with Gasteiger partial charge in [-0.05, 0) is 94.3 Å². The van der Waals surface area contributed by atoms with Crippen LogP contribution in [0.25, 0.3) is 0 Å². The second-order valence-electron chi connectivity index (χ2n) is 12.2. The predicted octanol–water partition coefficient (Wildman–Crippen LogP) is 4.79. The number of nitrogens with zero attached hydrogens (tertiary/aromatic N) is 1. The molecule has 1 saturated heterocycles. The third-order valence-electron chi connectivity index (χ3n) is 8.04. The molecule has 2 aromatic carbocycles. The van der Waals surface area contributed by atoms with Crippen molar-refractivity contribution in [3.8, 4) is 17.2 Å². The average Bonchev–Trinajstić information content (AvgIpc) is 3.10. The number of halogens is 1. The molecule has 1 fully saturated rings. The predicted molar refractivity (Wildman–Crippen MR) is 182 cm³/mol. The molecule has 1 aliphatic rings. The van der Waals surface area contributed by atoms with E-state index in [9.17, 15) is 24.0 Å². The number of hydrogen-bond donors (Lipinski definition) is 1. The molecule has 0 unspecified atom stereocenters. The topological polar surface area (TPSA) is 147 Å². The first-order chi connectivity index (χ1) is 23.3. The van der Waals surface area contributed by atoms with Crippen molar-refractivity contribution < 1.29 is 47.7 Å². The maximum Gasteiger partial charge on any atom is 0.330 e. The smallest absolute Gasteiger partial charge is 0.330 e. The summed E-state index contributed by atoms with van der Waals surface area (Å²) in [4.78, 5) is 65.8. The highest BCUT2D eigenvalue weighted by Crippen LogP contribution is 2.34. The number of esters is 2. The van der Waals surface area contributed by atoms with E-state index in [0.717, 1.165) is 5.56 Å². The number of hydrogen-bond acceptors (Lipinski definition) is 10. The van der Waals surface area contributed by atoms with Crippen LogP contribution < -0.4 is 19.5 Å². The van der Waals surface area contributed by atoms with Crippen LogP contribution in [0.4, 0.5) is 0 Å². The normalized spacial score (nSPS) is 15.2. The second kappa shape index (κ2) is 18.3. The van der Waals surface area contributed by atoms with Gasteiger partial charge in [-0.2, -0.15) is 0 Å². The molecular weight excluding hydrogens is 656 g/mol. The SMILES string of the molecule is C/C=C\C(=O)OCC(C)(C)C(=O)C(=O)N1CCCC[C@H]1C(=O)O[C@H](CCc1ccc(OC)c(OC)c1)c1cc(Cl)cc(OCC(=O)NC)c1. The fourth-order valence-corrected chi connectivity index (χ4v) is 5.50. The number of piperidine rings is 1. The fourth-order valence-electron chi connectivity index (χ4n) is 5.26. The van der Waals surface area contributed by atoms with Crippen LogP contribution in [0.1, 0.15) is 63.7 Å². The Morgan fingerprint density at radius 3 is 2.45 bits per heavy atom. The zero-order valence-electron chi connectivity index (χ0n) is 28.8. The van der Waals surface area contributed by atoms with Crippen molar-refractivity contribution in [1.29, 1.82) is 0 Å². The molecule has 0 saturated carbocycles. The quantitative estimate of drug-likeness (QED) is 0.147. The summed E-state index contributed by atoms with van der Waals surface area (Å²) >= 11 is 6.45. The number of allylic oxidation sites excluding steroid dienone is 1. The minimum absolute atomic E-state index is 0.184. The van der Waals surface area contributed by atoms with E-state index in [1.165, 1.54) is 45.1 Å². The van der Waals surface area contributed by atoms with E-state index in [1.54, 1.807) is 38.3 Å². The molecule has 1 N–H and O–H groups in total. The van der Waals surface area contributed by atoms with Gasteiger partial charge in [0.1, 0.15) is 24.5 Å². The Morgan fingerprint density at radius 2 is 1.78 bits per heavy atom. The van der Waals surface area contributed by atoms with Gasteiger partial charge in [0, 0.05) is 24.7 Å². The van der Waals surface area contributed by atoms with Crippen LogP contribution in [-0.2, 0) is 39.9 Å². The van der Waals surface area contributed by atoms with Crippen molar-refractivity contribution in [3.05, 3.63) is 64.7 Å². The van der Waals surface area contributed by atoms with Crippen LogP contribution in [0.15, 0.2) is 48.6 Å². The Kier molecular flexibility index (Phi) is 14.5. The maximum absolute atomic E-state index is 13.9. The number of Topliss-reactive ketones (excluding diaryl/α,β-unsaturated/α-hetero) is 1. The lowest BCUT2D eigenvalue weighted by Gasteiger charge is -2.36. The van der Waals surface area contributed by atoms with Crippen LogP contribution in [0, 0.1) is 5.41 Å². The molecule has 2 atom stereocenters. The number of nitrogens with one attached hydrogen (secondary N) is 1. The molecule has 0 aliphatic carbocycles. The number of carbonyl (C=O) groups excluding carboxylic acids is 5. The molecule has 1 heterocycles. The first-order valence-electron chi connectivity index (χ1n) is 16.0. The summed E-state index contributed by atoms with van der Waals surface area (Å²) in [5.74, 6) is -1.86. The molecular formula is C36H45ClN2O10. The monoisotopic (exact) mass is 700 g/mol. The lowest BCUT2D eigenvalue weighted by molar-refractivity contribution is -0.165. The molecule has 49 heavy (non-hydrogen) atoms. The minimum atomic E-state index is -1.33. The number of rotatable bonds is 16. The Hall–Kier alpha value is -4.58. The second-order valence-corrected chi connectivity index (χ2v) is 12.6. The molecule has 1 aliphatic heterocycles. The van der Waals surface area contributed by atoms with Crippen molar-refractivity contribution in [1.82, 2.24) is 10.2 Å². The van der Waals surface area contributed by atoms with E-state index >= 15 is 0 Å². The highest BCUT2D eigenvalue weighted by Gasteiger charge is 2.42. The van der Waals surface area contributed by atoms with Gasteiger partial charge in [-0.1, -0.05) is 23.7 Å². The summed E-state index contributed by atoms with van der Waals surface area (Å²) in [7, 11) is 4.58. The number of likely N-dealkylation sites (N-methyl/N-ethyl adjacent to an activating group) is 1. The maximum atomic E-state index is 13.9. The van der Waals surface area contributed by atoms with Crippen molar-refractivity contribution in [2.45, 2.75) is 65.0 Å². The van der Waals surface area contributed by atoms with Crippen LogP contribution in [0.3, 0.4) is 0 Å². The van der Waals surface area contributed by atoms with Gasteiger partial charge in [-0.15, -0.1) is 0 Å². The van der Waals surface area contributed by atoms with Crippen molar-refractivity contribution in [2.75, 3.05) is 41.0 Å². The first kappa shape index (κ1) is 38.9. The number of amides is 2. The number of ketones is 1. The third kappa shape index (κ3) is 11.0. The first-order valence-corrected chi connectivity index (χ1v) is 16.4. The standard InChI is InChI=1S/C36H45ClN2O10/c1-7-10-32(41)48-22-36(2,3)33(42)34(43)39-16-9-8-11-27(39)35(44)49-28(14-12-23-13-15-29(45-5)30(17-23)46-6)24-18-25(37)20-26(19-24)47-21-31(40)38-4/h7,10,13,15,17-20,27-28H,8-9,11-12,14,16,21-22H2,1-6H3,(H,38,40)/b10-7-/t27-,28+/m0/s1. The molecule has 0 aromatic heterocycles. The zero-order chi connectivity index (χ0) is 36.1. The summed E-state index contributed by atoms with van der Waals surface area (Å²) < 4.78 is 27.7. The number of likely N-dealkylation sites (tertiary alicyclic amines) is 1. The molecule has 0 spiro atoms. The van der Waals surface area contributed by atoms with Gasteiger partial charge < -0.3 is 33.9 Å². The third-order valence-corrected chi connectivity index (χ3v) is 8.26. The van der Waals surface area contributed by atoms with E-state index in [1.807, 2.05) is 12.1 Å². The molecule has 13 heteroatoms. The Bertz CT molecular complexity index is 1540. The average molecular weight is 701 g/mol. The highest BCUT2D eigenvalue weighted by atomic mass is 35.5. The lowest BCUT2D eigenvalue weighted by Crippen LogP contribution is -2.53. The van der Waals surface area contributed by atoms with E-state index < -0.39 is 41.2 Å². The molecule has 0 bridgehead atoms. The Balaban J connectivity index is 1.88. The van der Waals surface area contributed by atoms with Gasteiger partial charge in [0.2, 0.25) is 5.78 Å². The van der Waals surface area contributed by atoms with Gasteiger partial charge in [-0.3, -0.25) is 14.4 Å². The van der Waals surface area contributed by atoms with Gasteiger partial charge in [-0.25, -0.2) is 9.59 Å². The van der Waals surface area contributed by atoms with Crippen LogP contribution in [0.2, 0.25) is 5.02 Å². The number of aryl methyl sites for hydroxylation is 1. The summed E-state index contributed by atoms with van der Waals surface area (Å²) in [6.45, 7) is 4.32. The van der Waals surface area contributed by atoms with Crippen molar-refractivity contribution in [2.24, 2.45) is 5.41 Å². The van der Waals surface area contributed by atoms with E-state index in [4.69, 9.17) is 35.3 Å². The van der Waals surface area contributed by atoms with Gasteiger partial charge in [0.05, 0.1) is 19.6 Å². The van der Waals surface area contributed by atoms with E-state index in [2.05, 4.69) is 5.32 Å². The molecule has 12 nitrogen and oxygen atoms in total. The largest absolute Gasteiger partial charge is 0.493 e. The van der Waals surface area contributed by atoms with Crippen LogP contribution in [0.5, 0.6) is 17.2 Å². The summed E-state index contributed by atoms with van der Waals surface area (Å²) in [6, 6.07) is 9.31. The molecule has 0 radical (unpaired) electrons. The summed E-state index contributed by atoms with van der Waals surface area (Å²) in [6.07, 6.45) is 4.18. The number of methoxy groups -OCH3 is 2. The molecule has 2 aromatic rings. The number of benzene rings is 2. The van der Waals surface area contributed by atoms with Crippen LogP contribution in [-0.4, -0.2) is 81.5 Å². The van der Waals surface area contributed by atoms with Crippen LogP contribution >= 0.6 is 11.6 Å². The highest BCUT2D eigenvalue weighted by molar-refractivity contribution is 6.38. The van der Waals surface area contributed by atoms with E-state index in [-0.39, 0.29) is 25.7 Å². The Labute approximate surface area is 292 Å². The Morgan fingerprint density at radius 1 is 1.04 bits per heavy atom. The number of ether oxygens (including phenoxy) is 5. The molecule has 266 valence electrons. The van der Waals surface area contributed by atoms with Gasteiger partial charge in [0.25, 0.3) is 11.8 Å².